The van der Waals surface area contributed by atoms with Crippen LogP contribution in [0.25, 0.3) is 0 Å². The summed E-state index contributed by atoms with van der Waals surface area (Å²) in [5.74, 6) is 0.747. The van der Waals surface area contributed by atoms with Crippen molar-refractivity contribution in [1.82, 2.24) is 0 Å². The van der Waals surface area contributed by atoms with E-state index in [0.29, 0.717) is 0 Å². The molecule has 6 heteroatoms. The predicted molar refractivity (Wildman–Crippen MR) is 65.5 cm³/mol. The van der Waals surface area contributed by atoms with Gasteiger partial charge >= 0.3 is 0 Å². The molecule has 1 fully saturated rings. The zero-order valence-electron chi connectivity index (χ0n) is 10.6. The minimum atomic E-state index is -1.16. The first-order chi connectivity index (χ1) is 9.15. The molecule has 0 radical (unpaired) electrons. The second-order valence-electron chi connectivity index (χ2n) is 4.37. The van der Waals surface area contributed by atoms with Gasteiger partial charge in [-0.2, -0.15) is 0 Å². The van der Waals surface area contributed by atoms with Gasteiger partial charge in [0.25, 0.3) is 0 Å². The molecule has 0 saturated carbocycles. The first-order valence-corrected chi connectivity index (χ1v) is 6.02. The van der Waals surface area contributed by atoms with Gasteiger partial charge in [0.1, 0.15) is 24.1 Å². The molecule has 4 atom stereocenters. The van der Waals surface area contributed by atoms with Crippen molar-refractivity contribution < 1.29 is 29.5 Å². The van der Waals surface area contributed by atoms with E-state index >= 15 is 0 Å². The molecule has 106 valence electrons. The Balaban J connectivity index is 1.88. The SMILES string of the molecule is COc1ccc(CO[C@H]2O[C@H](CO)[C@@H](O)[C@H]2O)cc1. The summed E-state index contributed by atoms with van der Waals surface area (Å²) in [5, 5.41) is 28.2. The third-order valence-corrected chi connectivity index (χ3v) is 3.07. The van der Waals surface area contributed by atoms with E-state index in [9.17, 15) is 10.2 Å². The zero-order chi connectivity index (χ0) is 13.8. The van der Waals surface area contributed by atoms with Crippen LogP contribution in [0.4, 0.5) is 0 Å². The van der Waals surface area contributed by atoms with Crippen LogP contribution in [0.2, 0.25) is 0 Å². The number of hydrogen-bond donors (Lipinski definition) is 3. The van der Waals surface area contributed by atoms with Crippen LogP contribution in [-0.4, -0.2) is 53.6 Å². The number of rotatable bonds is 5. The van der Waals surface area contributed by atoms with Gasteiger partial charge < -0.3 is 29.5 Å². The quantitative estimate of drug-likeness (QED) is 0.678. The zero-order valence-corrected chi connectivity index (χ0v) is 10.6. The van der Waals surface area contributed by atoms with Crippen LogP contribution in [0.1, 0.15) is 5.56 Å². The summed E-state index contributed by atoms with van der Waals surface area (Å²) in [6.07, 6.45) is -4.04. The largest absolute Gasteiger partial charge is 0.497 e. The Hall–Kier alpha value is -1.18. The van der Waals surface area contributed by atoms with Gasteiger partial charge in [0.05, 0.1) is 20.3 Å². The number of hydrogen-bond acceptors (Lipinski definition) is 6. The topological polar surface area (TPSA) is 88.4 Å². The molecule has 1 aliphatic heterocycles. The summed E-state index contributed by atoms with van der Waals surface area (Å²) in [6, 6.07) is 7.27. The first-order valence-electron chi connectivity index (χ1n) is 6.02. The van der Waals surface area contributed by atoms with Crippen LogP contribution in [0.3, 0.4) is 0 Å². The summed E-state index contributed by atoms with van der Waals surface area (Å²) in [5.41, 5.74) is 0.888. The van der Waals surface area contributed by atoms with E-state index in [1.807, 2.05) is 12.1 Å². The summed E-state index contributed by atoms with van der Waals surface area (Å²) in [7, 11) is 1.59. The van der Waals surface area contributed by atoms with Gasteiger partial charge in [0.15, 0.2) is 6.29 Å². The van der Waals surface area contributed by atoms with Crippen molar-refractivity contribution in [2.75, 3.05) is 13.7 Å². The molecule has 0 aliphatic carbocycles. The first kappa shape index (κ1) is 14.2. The average molecular weight is 270 g/mol. The van der Waals surface area contributed by atoms with Crippen LogP contribution in [0.15, 0.2) is 24.3 Å². The van der Waals surface area contributed by atoms with E-state index in [1.54, 1.807) is 19.2 Å². The maximum atomic E-state index is 9.69. The third-order valence-electron chi connectivity index (χ3n) is 3.07. The molecule has 1 saturated heterocycles. The minimum absolute atomic E-state index is 0.233. The van der Waals surface area contributed by atoms with Crippen LogP contribution in [0, 0.1) is 0 Å². The Kier molecular flexibility index (Phi) is 4.73. The molecule has 0 spiro atoms. The van der Waals surface area contributed by atoms with Gasteiger partial charge in [0, 0.05) is 0 Å². The number of ether oxygens (including phenoxy) is 3. The summed E-state index contributed by atoms with van der Waals surface area (Å²) >= 11 is 0. The fourth-order valence-electron chi connectivity index (χ4n) is 1.90. The second-order valence-corrected chi connectivity index (χ2v) is 4.37. The second kappa shape index (κ2) is 6.31. The Morgan fingerprint density at radius 3 is 2.37 bits per heavy atom. The molecule has 19 heavy (non-hydrogen) atoms. The van der Waals surface area contributed by atoms with E-state index in [4.69, 9.17) is 19.3 Å². The normalized spacial score (nSPS) is 30.5. The molecule has 1 aliphatic rings. The summed E-state index contributed by atoms with van der Waals surface area (Å²) in [4.78, 5) is 0. The molecule has 1 heterocycles. The Morgan fingerprint density at radius 2 is 1.84 bits per heavy atom. The minimum Gasteiger partial charge on any atom is -0.497 e. The van der Waals surface area contributed by atoms with E-state index in [0.717, 1.165) is 11.3 Å². The Morgan fingerprint density at radius 1 is 1.16 bits per heavy atom. The van der Waals surface area contributed by atoms with Crippen molar-refractivity contribution in [3.63, 3.8) is 0 Å². The van der Waals surface area contributed by atoms with Crippen LogP contribution < -0.4 is 4.74 Å². The van der Waals surface area contributed by atoms with Gasteiger partial charge in [0.2, 0.25) is 0 Å². The predicted octanol–water partition coefficient (Wildman–Crippen LogP) is -0.349. The number of aliphatic hydroxyl groups is 3. The Labute approximate surface area is 111 Å². The van der Waals surface area contributed by atoms with Gasteiger partial charge in [-0.15, -0.1) is 0 Å². The van der Waals surface area contributed by atoms with Crippen LogP contribution in [0.5, 0.6) is 5.75 Å². The molecule has 0 unspecified atom stereocenters. The smallest absolute Gasteiger partial charge is 0.187 e. The lowest BCUT2D eigenvalue weighted by atomic mass is 10.1. The highest BCUT2D eigenvalue weighted by atomic mass is 16.7. The van der Waals surface area contributed by atoms with Gasteiger partial charge in [-0.05, 0) is 17.7 Å². The third kappa shape index (κ3) is 3.23. The van der Waals surface area contributed by atoms with E-state index in [1.165, 1.54) is 0 Å². The molecular weight excluding hydrogens is 252 g/mol. The Bertz CT molecular complexity index is 393. The van der Waals surface area contributed by atoms with E-state index in [-0.39, 0.29) is 13.2 Å². The maximum Gasteiger partial charge on any atom is 0.187 e. The molecule has 2 rings (SSSR count). The molecule has 6 nitrogen and oxygen atoms in total. The van der Waals surface area contributed by atoms with Crippen LogP contribution in [-0.2, 0) is 16.1 Å². The maximum absolute atomic E-state index is 9.69. The fourth-order valence-corrected chi connectivity index (χ4v) is 1.90. The molecule has 0 aromatic heterocycles. The molecule has 0 bridgehead atoms. The lowest BCUT2D eigenvalue weighted by Gasteiger charge is -2.15. The summed E-state index contributed by atoms with van der Waals surface area (Å²) in [6.45, 7) is -0.128. The number of aliphatic hydroxyl groups excluding tert-OH is 3. The molecule has 1 aromatic rings. The fraction of sp³-hybridized carbons (Fsp3) is 0.538. The van der Waals surface area contributed by atoms with Crippen LogP contribution >= 0.6 is 0 Å². The lowest BCUT2D eigenvalue weighted by Crippen LogP contribution is -2.34. The van der Waals surface area contributed by atoms with Gasteiger partial charge in [-0.25, -0.2) is 0 Å². The van der Waals surface area contributed by atoms with Crippen molar-refractivity contribution in [3.05, 3.63) is 29.8 Å². The van der Waals surface area contributed by atoms with Crippen molar-refractivity contribution in [2.24, 2.45) is 0 Å². The molecular formula is C13H18O6. The average Bonchev–Trinajstić information content (AvgIpc) is 2.73. The monoisotopic (exact) mass is 270 g/mol. The van der Waals surface area contributed by atoms with E-state index < -0.39 is 24.6 Å². The van der Waals surface area contributed by atoms with Gasteiger partial charge in [-0.1, -0.05) is 12.1 Å². The molecule has 3 N–H and O–H groups in total. The molecule has 1 aromatic carbocycles. The van der Waals surface area contributed by atoms with Crippen molar-refractivity contribution in [1.29, 1.82) is 0 Å². The standard InChI is InChI=1S/C13H18O6/c1-17-9-4-2-8(3-5-9)7-18-13-12(16)11(15)10(6-14)19-13/h2-5,10-16H,6-7H2,1H3/t10-,11-,12-,13+/m1/s1. The highest BCUT2D eigenvalue weighted by Gasteiger charge is 2.42. The molecule has 0 amide bonds. The lowest BCUT2D eigenvalue weighted by molar-refractivity contribution is -0.175. The highest BCUT2D eigenvalue weighted by molar-refractivity contribution is 5.26. The number of methoxy groups -OCH3 is 1. The van der Waals surface area contributed by atoms with Crippen molar-refractivity contribution in [2.45, 2.75) is 31.2 Å². The van der Waals surface area contributed by atoms with Crippen molar-refractivity contribution in [3.8, 4) is 5.75 Å². The number of benzene rings is 1. The highest BCUT2D eigenvalue weighted by Crippen LogP contribution is 2.23. The van der Waals surface area contributed by atoms with Crippen molar-refractivity contribution >= 4 is 0 Å². The van der Waals surface area contributed by atoms with E-state index in [2.05, 4.69) is 0 Å². The van der Waals surface area contributed by atoms with Gasteiger partial charge in [-0.3, -0.25) is 0 Å². The summed E-state index contributed by atoms with van der Waals surface area (Å²) < 4.78 is 15.6.